The molecular weight excluding hydrogens is 290 g/mol. The van der Waals surface area contributed by atoms with Crippen molar-refractivity contribution in [1.82, 2.24) is 0 Å². The Kier molecular flexibility index (Phi) is 3.89. The smallest absolute Gasteiger partial charge is 0.349 e. The second kappa shape index (κ2) is 5.63. The van der Waals surface area contributed by atoms with Crippen LogP contribution >= 0.6 is 0 Å². The summed E-state index contributed by atoms with van der Waals surface area (Å²) < 4.78 is 57.9. The Morgan fingerprint density at radius 1 is 1.00 bits per heavy atom. The number of nitriles is 1. The largest absolute Gasteiger partial charge is 0.423 e. The topological polar surface area (TPSA) is 50.1 Å². The lowest BCUT2D eigenvalue weighted by Crippen LogP contribution is -2.13. The van der Waals surface area contributed by atoms with Crippen molar-refractivity contribution in [3.05, 3.63) is 64.7 Å². The summed E-state index contributed by atoms with van der Waals surface area (Å²) in [5.41, 5.74) is -1.84. The molecule has 0 aromatic heterocycles. The van der Waals surface area contributed by atoms with Gasteiger partial charge in [0.2, 0.25) is 0 Å². The molecule has 0 fully saturated rings. The van der Waals surface area contributed by atoms with Crippen LogP contribution in [0.15, 0.2) is 30.3 Å². The first-order valence-electron chi connectivity index (χ1n) is 5.49. The third-order valence-electron chi connectivity index (χ3n) is 2.50. The molecule has 0 bridgehead atoms. The van der Waals surface area contributed by atoms with E-state index in [9.17, 15) is 22.4 Å². The number of carbonyl (C=O) groups is 1. The van der Waals surface area contributed by atoms with Gasteiger partial charge in [0.15, 0.2) is 0 Å². The van der Waals surface area contributed by atoms with Crippen molar-refractivity contribution >= 4 is 5.97 Å². The fourth-order valence-electron chi connectivity index (χ4n) is 1.57. The molecule has 3 nitrogen and oxygen atoms in total. The van der Waals surface area contributed by atoms with Crippen LogP contribution in [-0.4, -0.2) is 5.97 Å². The van der Waals surface area contributed by atoms with Gasteiger partial charge in [0, 0.05) is 12.1 Å². The molecule has 0 aliphatic heterocycles. The van der Waals surface area contributed by atoms with Crippen LogP contribution in [0, 0.1) is 34.6 Å². The third kappa shape index (κ3) is 2.84. The molecule has 0 aliphatic rings. The van der Waals surface area contributed by atoms with Gasteiger partial charge < -0.3 is 4.74 Å². The first-order valence-corrected chi connectivity index (χ1v) is 5.49. The molecule has 106 valence electrons. The fraction of sp³-hybridized carbons (Fsp3) is 0. The first-order chi connectivity index (χ1) is 9.93. The van der Waals surface area contributed by atoms with Crippen LogP contribution in [0.1, 0.15) is 15.9 Å². The Morgan fingerprint density at radius 2 is 1.52 bits per heavy atom. The van der Waals surface area contributed by atoms with Gasteiger partial charge in [-0.15, -0.1) is 0 Å². The normalized spacial score (nSPS) is 10.0. The number of carbonyl (C=O) groups excluding carboxylic acids is 1. The van der Waals surface area contributed by atoms with Gasteiger partial charge in [0.1, 0.15) is 46.2 Å². The van der Waals surface area contributed by atoms with E-state index in [1.54, 1.807) is 0 Å². The predicted molar refractivity (Wildman–Crippen MR) is 62.4 cm³/mol. The summed E-state index contributed by atoms with van der Waals surface area (Å²) in [5.74, 6) is -6.92. The molecule has 2 rings (SSSR count). The van der Waals surface area contributed by atoms with E-state index in [0.29, 0.717) is 12.1 Å². The third-order valence-corrected chi connectivity index (χ3v) is 2.50. The van der Waals surface area contributed by atoms with Crippen molar-refractivity contribution in [3.8, 4) is 11.8 Å². The summed E-state index contributed by atoms with van der Waals surface area (Å²) in [6.07, 6.45) is 0. The van der Waals surface area contributed by atoms with Gasteiger partial charge in [0.25, 0.3) is 0 Å². The van der Waals surface area contributed by atoms with Crippen molar-refractivity contribution < 1.29 is 27.1 Å². The molecule has 7 heteroatoms. The Labute approximate surface area is 116 Å². The Bertz CT molecular complexity index is 725. The number of benzene rings is 2. The molecule has 0 N–H and O–H groups in total. The van der Waals surface area contributed by atoms with Gasteiger partial charge in [-0.1, -0.05) is 6.07 Å². The average molecular weight is 295 g/mol. The van der Waals surface area contributed by atoms with E-state index in [1.807, 2.05) is 0 Å². The maximum Gasteiger partial charge on any atom is 0.349 e. The standard InChI is InChI=1S/C14H5F4NO2/c15-9-2-1-3-10(16)13(9)14(20)21-7-4-11(17)8(6-19)12(18)5-7/h1-5H. The van der Waals surface area contributed by atoms with E-state index in [4.69, 9.17) is 5.26 Å². The number of hydrogen-bond acceptors (Lipinski definition) is 3. The van der Waals surface area contributed by atoms with Crippen LogP contribution in [0.5, 0.6) is 5.75 Å². The van der Waals surface area contributed by atoms with Crippen LogP contribution in [0.3, 0.4) is 0 Å². The minimum atomic E-state index is -1.45. The average Bonchev–Trinajstić information content (AvgIpc) is 2.38. The highest BCUT2D eigenvalue weighted by Crippen LogP contribution is 2.22. The second-order valence-electron chi connectivity index (χ2n) is 3.86. The zero-order valence-corrected chi connectivity index (χ0v) is 10.2. The molecule has 0 unspecified atom stereocenters. The summed E-state index contributed by atoms with van der Waals surface area (Å²) in [7, 11) is 0. The lowest BCUT2D eigenvalue weighted by Gasteiger charge is -2.07. The Hall–Kier alpha value is -2.88. The van der Waals surface area contributed by atoms with Crippen LogP contribution in [0.25, 0.3) is 0 Å². The van der Waals surface area contributed by atoms with E-state index in [1.165, 1.54) is 6.07 Å². The molecule has 0 radical (unpaired) electrons. The lowest BCUT2D eigenvalue weighted by atomic mass is 10.2. The van der Waals surface area contributed by atoms with E-state index in [2.05, 4.69) is 4.74 Å². The molecule has 2 aromatic carbocycles. The number of hydrogen-bond donors (Lipinski definition) is 0. The molecule has 2 aromatic rings. The monoisotopic (exact) mass is 295 g/mol. The Morgan fingerprint density at radius 3 is 2.00 bits per heavy atom. The number of rotatable bonds is 2. The summed E-state index contributed by atoms with van der Waals surface area (Å²) >= 11 is 0. The van der Waals surface area contributed by atoms with Gasteiger partial charge in [-0.3, -0.25) is 0 Å². The van der Waals surface area contributed by atoms with E-state index in [-0.39, 0.29) is 0 Å². The van der Waals surface area contributed by atoms with Crippen molar-refractivity contribution in [3.63, 3.8) is 0 Å². The number of esters is 1. The molecule has 0 atom stereocenters. The molecule has 0 heterocycles. The SMILES string of the molecule is N#Cc1c(F)cc(OC(=O)c2c(F)cccc2F)cc1F. The van der Waals surface area contributed by atoms with Gasteiger partial charge in [-0.2, -0.15) is 5.26 Å². The highest BCUT2D eigenvalue weighted by atomic mass is 19.1. The van der Waals surface area contributed by atoms with Crippen LogP contribution in [0.2, 0.25) is 0 Å². The number of nitrogens with zero attached hydrogens (tertiary/aromatic N) is 1. The van der Waals surface area contributed by atoms with E-state index < -0.39 is 46.1 Å². The highest BCUT2D eigenvalue weighted by molar-refractivity contribution is 5.91. The van der Waals surface area contributed by atoms with Crippen molar-refractivity contribution in [2.24, 2.45) is 0 Å². The van der Waals surface area contributed by atoms with Gasteiger partial charge in [-0.25, -0.2) is 22.4 Å². The zero-order valence-electron chi connectivity index (χ0n) is 10.2. The molecule has 0 saturated heterocycles. The number of halogens is 4. The van der Waals surface area contributed by atoms with Crippen molar-refractivity contribution in [2.75, 3.05) is 0 Å². The van der Waals surface area contributed by atoms with Crippen molar-refractivity contribution in [1.29, 1.82) is 5.26 Å². The van der Waals surface area contributed by atoms with Crippen LogP contribution < -0.4 is 4.74 Å². The van der Waals surface area contributed by atoms with Gasteiger partial charge in [-0.05, 0) is 12.1 Å². The summed E-state index contributed by atoms with van der Waals surface area (Å²) in [6.45, 7) is 0. The minimum Gasteiger partial charge on any atom is -0.423 e. The predicted octanol–water partition coefficient (Wildman–Crippen LogP) is 3.33. The number of ether oxygens (including phenoxy) is 1. The molecule has 0 aliphatic carbocycles. The summed E-state index contributed by atoms with van der Waals surface area (Å²) in [4.78, 5) is 11.6. The van der Waals surface area contributed by atoms with Crippen LogP contribution in [0.4, 0.5) is 17.6 Å². The zero-order chi connectivity index (χ0) is 15.6. The summed E-state index contributed by atoms with van der Waals surface area (Å²) in [5, 5.41) is 8.49. The maximum absolute atomic E-state index is 13.3. The maximum atomic E-state index is 13.3. The highest BCUT2D eigenvalue weighted by Gasteiger charge is 2.20. The molecule has 21 heavy (non-hydrogen) atoms. The minimum absolute atomic E-state index is 0.568. The second-order valence-corrected chi connectivity index (χ2v) is 3.86. The van der Waals surface area contributed by atoms with Crippen molar-refractivity contribution in [2.45, 2.75) is 0 Å². The molecule has 0 spiro atoms. The van der Waals surface area contributed by atoms with E-state index in [0.717, 1.165) is 18.2 Å². The molecule has 0 saturated carbocycles. The first kappa shape index (κ1) is 14.5. The molecular formula is C14H5F4NO2. The fourth-order valence-corrected chi connectivity index (χ4v) is 1.57. The quantitative estimate of drug-likeness (QED) is 0.485. The summed E-state index contributed by atoms with van der Waals surface area (Å²) in [6, 6.07) is 5.13. The Balaban J connectivity index is 2.35. The van der Waals surface area contributed by atoms with Gasteiger partial charge in [0.05, 0.1) is 0 Å². The lowest BCUT2D eigenvalue weighted by molar-refractivity contribution is 0.0724. The molecule has 0 amide bonds. The van der Waals surface area contributed by atoms with E-state index >= 15 is 0 Å². The van der Waals surface area contributed by atoms with Crippen LogP contribution in [-0.2, 0) is 0 Å². The van der Waals surface area contributed by atoms with Gasteiger partial charge >= 0.3 is 5.97 Å².